The summed E-state index contributed by atoms with van der Waals surface area (Å²) in [4.78, 5) is 6.62. The van der Waals surface area contributed by atoms with Crippen LogP contribution in [0.4, 0.5) is 0 Å². The van der Waals surface area contributed by atoms with Gasteiger partial charge in [-0.1, -0.05) is 5.16 Å². The summed E-state index contributed by atoms with van der Waals surface area (Å²) in [6.45, 7) is 2.33. The molecule has 8 nitrogen and oxygen atoms in total. The van der Waals surface area contributed by atoms with Gasteiger partial charge >= 0.3 is 0 Å². The van der Waals surface area contributed by atoms with E-state index in [1.165, 1.54) is 10.5 Å². The minimum Gasteiger partial charge on any atom is -0.409 e. The molecular weight excluding hydrogens is 270 g/mol. The van der Waals surface area contributed by atoms with E-state index in [9.17, 15) is 8.42 Å². The zero-order chi connectivity index (χ0) is 14.0. The Morgan fingerprint density at radius 1 is 1.68 bits per heavy atom. The van der Waals surface area contributed by atoms with Gasteiger partial charge in [0.15, 0.2) is 5.03 Å². The molecule has 9 heteroatoms. The molecule has 2 rings (SSSR count). The topological polar surface area (TPSA) is 125 Å². The summed E-state index contributed by atoms with van der Waals surface area (Å²) in [5.74, 6) is 0.363. The van der Waals surface area contributed by atoms with Crippen molar-refractivity contribution in [3.05, 3.63) is 12.0 Å². The van der Waals surface area contributed by atoms with Gasteiger partial charge in [-0.2, -0.15) is 4.31 Å². The lowest BCUT2D eigenvalue weighted by Gasteiger charge is -2.30. The summed E-state index contributed by atoms with van der Waals surface area (Å²) in [6, 6.07) is 0. The lowest BCUT2D eigenvalue weighted by atomic mass is 9.99. The van der Waals surface area contributed by atoms with Crippen molar-refractivity contribution in [3.63, 3.8) is 0 Å². The largest absolute Gasteiger partial charge is 0.409 e. The van der Waals surface area contributed by atoms with Gasteiger partial charge in [-0.05, 0) is 19.8 Å². The average Bonchev–Trinajstić information content (AvgIpc) is 2.85. The Morgan fingerprint density at radius 2 is 2.42 bits per heavy atom. The van der Waals surface area contributed by atoms with Gasteiger partial charge in [0.2, 0.25) is 0 Å². The second-order valence-corrected chi connectivity index (χ2v) is 6.47. The first-order chi connectivity index (χ1) is 8.95. The summed E-state index contributed by atoms with van der Waals surface area (Å²) in [6.07, 6.45) is 2.69. The standard InChI is InChI=1S/C10H17N5O3S/c1-7-12-5-9(13-7)19(17,18)15-4-2-3-8(6-15)10(11)14-16/h5,8,16H,2-4,6H2,1H3,(H2,11,14)(H,12,13). The number of amidine groups is 1. The van der Waals surface area contributed by atoms with E-state index in [1.807, 2.05) is 0 Å². The van der Waals surface area contributed by atoms with Crippen molar-refractivity contribution in [3.8, 4) is 0 Å². The number of nitrogens with zero attached hydrogens (tertiary/aromatic N) is 3. The Hall–Kier alpha value is -1.61. The van der Waals surface area contributed by atoms with Crippen LogP contribution in [0.15, 0.2) is 16.4 Å². The first-order valence-electron chi connectivity index (χ1n) is 5.94. The molecule has 0 saturated carbocycles. The maximum Gasteiger partial charge on any atom is 0.260 e. The van der Waals surface area contributed by atoms with Crippen LogP contribution < -0.4 is 5.73 Å². The molecule has 1 aromatic heterocycles. The van der Waals surface area contributed by atoms with E-state index in [2.05, 4.69) is 15.1 Å². The number of imidazole rings is 1. The number of nitrogens with one attached hydrogen (secondary N) is 1. The molecule has 1 aliphatic rings. The Morgan fingerprint density at radius 3 is 3.00 bits per heavy atom. The number of nitrogens with two attached hydrogens (primary N) is 1. The van der Waals surface area contributed by atoms with Crippen LogP contribution in [0.3, 0.4) is 0 Å². The molecule has 0 aromatic carbocycles. The van der Waals surface area contributed by atoms with E-state index >= 15 is 0 Å². The number of aryl methyl sites for hydroxylation is 1. The van der Waals surface area contributed by atoms with Gasteiger partial charge in [0.1, 0.15) is 11.7 Å². The molecule has 0 bridgehead atoms. The monoisotopic (exact) mass is 287 g/mol. The van der Waals surface area contributed by atoms with Gasteiger partial charge in [0, 0.05) is 19.0 Å². The third kappa shape index (κ3) is 2.71. The Bertz CT molecular complexity index is 580. The summed E-state index contributed by atoms with van der Waals surface area (Å²) >= 11 is 0. The van der Waals surface area contributed by atoms with Gasteiger partial charge in [-0.25, -0.2) is 13.4 Å². The van der Waals surface area contributed by atoms with Crippen LogP contribution in [0, 0.1) is 12.8 Å². The van der Waals surface area contributed by atoms with Crippen LogP contribution in [-0.4, -0.2) is 46.8 Å². The molecule has 0 aliphatic carbocycles. The molecule has 2 heterocycles. The molecule has 0 radical (unpaired) electrons. The maximum atomic E-state index is 12.4. The number of oxime groups is 1. The molecular formula is C10H17N5O3S. The Kier molecular flexibility index (Phi) is 3.76. The van der Waals surface area contributed by atoms with E-state index in [1.54, 1.807) is 6.92 Å². The molecule has 1 aromatic rings. The van der Waals surface area contributed by atoms with Crippen molar-refractivity contribution in [1.82, 2.24) is 14.3 Å². The third-order valence-electron chi connectivity index (χ3n) is 3.22. The lowest BCUT2D eigenvalue weighted by Crippen LogP contribution is -2.44. The number of aromatic amines is 1. The number of H-pyrrole nitrogens is 1. The summed E-state index contributed by atoms with van der Waals surface area (Å²) < 4.78 is 26.1. The number of piperidine rings is 1. The molecule has 1 unspecified atom stereocenters. The van der Waals surface area contributed by atoms with Gasteiger partial charge in [-0.3, -0.25) is 0 Å². The van der Waals surface area contributed by atoms with Crippen molar-refractivity contribution < 1.29 is 13.6 Å². The van der Waals surface area contributed by atoms with Crippen molar-refractivity contribution in [1.29, 1.82) is 0 Å². The Balaban J connectivity index is 2.21. The minimum atomic E-state index is -3.59. The van der Waals surface area contributed by atoms with Crippen molar-refractivity contribution >= 4 is 15.9 Å². The highest BCUT2D eigenvalue weighted by Crippen LogP contribution is 2.22. The van der Waals surface area contributed by atoms with E-state index in [0.717, 1.165) is 0 Å². The molecule has 1 aliphatic heterocycles. The van der Waals surface area contributed by atoms with Crippen LogP contribution in [0.5, 0.6) is 0 Å². The highest BCUT2D eigenvalue weighted by atomic mass is 32.2. The van der Waals surface area contributed by atoms with Gasteiger partial charge < -0.3 is 15.9 Å². The van der Waals surface area contributed by atoms with Gasteiger partial charge in [-0.15, -0.1) is 0 Å². The maximum absolute atomic E-state index is 12.4. The molecule has 0 amide bonds. The highest BCUT2D eigenvalue weighted by molar-refractivity contribution is 7.89. The van der Waals surface area contributed by atoms with E-state index in [4.69, 9.17) is 10.9 Å². The first kappa shape index (κ1) is 13.8. The number of hydrogen-bond donors (Lipinski definition) is 3. The van der Waals surface area contributed by atoms with Crippen molar-refractivity contribution in [2.45, 2.75) is 24.8 Å². The normalized spacial score (nSPS) is 22.6. The van der Waals surface area contributed by atoms with Crippen LogP contribution in [0.2, 0.25) is 0 Å². The second-order valence-electron chi connectivity index (χ2n) is 4.56. The molecule has 0 spiro atoms. The van der Waals surface area contributed by atoms with Crippen LogP contribution >= 0.6 is 0 Å². The summed E-state index contributed by atoms with van der Waals surface area (Å²) in [5, 5.41) is 11.7. The van der Waals surface area contributed by atoms with Crippen molar-refractivity contribution in [2.75, 3.05) is 13.1 Å². The fraction of sp³-hybridized carbons (Fsp3) is 0.600. The third-order valence-corrected chi connectivity index (χ3v) is 4.99. The van der Waals surface area contributed by atoms with Gasteiger partial charge in [0.05, 0.1) is 6.20 Å². The molecule has 4 N–H and O–H groups in total. The van der Waals surface area contributed by atoms with Crippen molar-refractivity contribution in [2.24, 2.45) is 16.8 Å². The molecule has 1 saturated heterocycles. The molecule has 19 heavy (non-hydrogen) atoms. The smallest absolute Gasteiger partial charge is 0.260 e. The molecule has 1 atom stereocenters. The lowest BCUT2D eigenvalue weighted by molar-refractivity contribution is 0.287. The fourth-order valence-corrected chi connectivity index (χ4v) is 3.64. The Labute approximate surface area is 111 Å². The van der Waals surface area contributed by atoms with Gasteiger partial charge in [0.25, 0.3) is 10.0 Å². The zero-order valence-electron chi connectivity index (χ0n) is 10.6. The number of rotatable bonds is 3. The zero-order valence-corrected chi connectivity index (χ0v) is 11.4. The highest BCUT2D eigenvalue weighted by Gasteiger charge is 2.32. The first-order valence-corrected chi connectivity index (χ1v) is 7.38. The van der Waals surface area contributed by atoms with Crippen LogP contribution in [0.1, 0.15) is 18.7 Å². The molecule has 106 valence electrons. The quantitative estimate of drug-likeness (QED) is 0.309. The SMILES string of the molecule is Cc1ncc(S(=O)(=O)N2CCCC(C(N)=NO)C2)[nH]1. The molecule has 1 fully saturated rings. The minimum absolute atomic E-state index is 0.0701. The van der Waals surface area contributed by atoms with E-state index in [0.29, 0.717) is 25.2 Å². The fourth-order valence-electron chi connectivity index (χ4n) is 2.15. The van der Waals surface area contributed by atoms with Crippen LogP contribution in [-0.2, 0) is 10.0 Å². The van der Waals surface area contributed by atoms with E-state index in [-0.39, 0.29) is 23.3 Å². The number of sulfonamides is 1. The number of hydrogen-bond acceptors (Lipinski definition) is 5. The van der Waals surface area contributed by atoms with E-state index < -0.39 is 10.0 Å². The van der Waals surface area contributed by atoms with Crippen LogP contribution in [0.25, 0.3) is 0 Å². The predicted molar refractivity (Wildman–Crippen MR) is 68.2 cm³/mol. The predicted octanol–water partition coefficient (Wildman–Crippen LogP) is -0.135. The number of aromatic nitrogens is 2. The summed E-state index contributed by atoms with van der Waals surface area (Å²) in [5.41, 5.74) is 5.55. The second kappa shape index (κ2) is 5.17. The average molecular weight is 287 g/mol. The summed E-state index contributed by atoms with van der Waals surface area (Å²) in [7, 11) is -3.59.